The molecule has 0 fully saturated rings. The highest BCUT2D eigenvalue weighted by Crippen LogP contribution is 2.22. The van der Waals surface area contributed by atoms with Gasteiger partial charge in [0.05, 0.1) is 23.0 Å². The van der Waals surface area contributed by atoms with E-state index >= 15 is 0 Å². The molecule has 0 amide bonds. The maximum absolute atomic E-state index is 13.3. The summed E-state index contributed by atoms with van der Waals surface area (Å²) in [6, 6.07) is 18.7. The molecule has 0 bridgehead atoms. The van der Waals surface area contributed by atoms with Crippen molar-refractivity contribution in [1.82, 2.24) is 8.54 Å². The summed E-state index contributed by atoms with van der Waals surface area (Å²) >= 11 is 0. The summed E-state index contributed by atoms with van der Waals surface area (Å²) in [5.41, 5.74) is 0.636. The highest BCUT2D eigenvalue weighted by atomic mass is 32.2. The predicted molar refractivity (Wildman–Crippen MR) is 113 cm³/mol. The summed E-state index contributed by atoms with van der Waals surface area (Å²) in [5, 5.41) is 0. The first kappa shape index (κ1) is 19.7. The van der Waals surface area contributed by atoms with E-state index in [9.17, 15) is 18.0 Å². The quantitative estimate of drug-likeness (QED) is 0.504. The Hall–Kier alpha value is -3.65. The van der Waals surface area contributed by atoms with E-state index in [2.05, 4.69) is 0 Å². The minimum atomic E-state index is -4.25. The lowest BCUT2D eigenvalue weighted by molar-refractivity contribution is 0.0961. The van der Waals surface area contributed by atoms with E-state index in [0.717, 1.165) is 10.1 Å². The van der Waals surface area contributed by atoms with Crippen LogP contribution in [0.15, 0.2) is 82.5 Å². The molecule has 0 aliphatic rings. The molecule has 3 aromatic carbocycles. The summed E-state index contributed by atoms with van der Waals surface area (Å²) in [4.78, 5) is 26.2. The number of para-hydroxylation sites is 2. The van der Waals surface area contributed by atoms with Crippen LogP contribution in [0.3, 0.4) is 0 Å². The maximum Gasteiger partial charge on any atom is 0.350 e. The van der Waals surface area contributed by atoms with E-state index in [1.807, 2.05) is 6.92 Å². The number of carbonyl (C=O) groups excluding carboxylic acids is 1. The molecule has 152 valence electrons. The van der Waals surface area contributed by atoms with E-state index in [1.54, 1.807) is 42.5 Å². The fraction of sp³-hybridized carbons (Fsp3) is 0.0909. The lowest BCUT2D eigenvalue weighted by atomic mass is 10.1. The Labute approximate surface area is 172 Å². The number of carbonyl (C=O) groups is 1. The van der Waals surface area contributed by atoms with E-state index in [1.165, 1.54) is 37.4 Å². The van der Waals surface area contributed by atoms with Crippen molar-refractivity contribution >= 4 is 27.0 Å². The summed E-state index contributed by atoms with van der Waals surface area (Å²) in [5.74, 6) is -0.113. The monoisotopic (exact) mass is 422 g/mol. The zero-order valence-corrected chi connectivity index (χ0v) is 17.1. The van der Waals surface area contributed by atoms with Gasteiger partial charge in [0, 0.05) is 5.56 Å². The van der Waals surface area contributed by atoms with Crippen LogP contribution in [0, 0.1) is 6.92 Å². The first-order valence-corrected chi connectivity index (χ1v) is 10.5. The molecule has 0 radical (unpaired) electrons. The van der Waals surface area contributed by atoms with Crippen molar-refractivity contribution in [2.24, 2.45) is 0 Å². The van der Waals surface area contributed by atoms with Gasteiger partial charge in [-0.3, -0.25) is 4.79 Å². The predicted octanol–water partition coefficient (Wildman–Crippen LogP) is 3.05. The molecule has 0 N–H and O–H groups in total. The Morgan fingerprint density at radius 1 is 0.867 bits per heavy atom. The van der Waals surface area contributed by atoms with Crippen LogP contribution in [0.1, 0.15) is 15.9 Å². The SMILES string of the molecule is COc1ccc(S(=O)(=O)n2c(=O)n(C(=O)c3ccc(C)cc3)c3ccccc32)cc1. The smallest absolute Gasteiger partial charge is 0.350 e. The Kier molecular flexibility index (Phi) is 4.79. The Morgan fingerprint density at radius 3 is 2.07 bits per heavy atom. The molecule has 0 aliphatic carbocycles. The second-order valence-electron chi connectivity index (χ2n) is 6.72. The molecule has 0 spiro atoms. The van der Waals surface area contributed by atoms with Gasteiger partial charge in [-0.15, -0.1) is 0 Å². The zero-order chi connectivity index (χ0) is 21.5. The van der Waals surface area contributed by atoms with Crippen molar-refractivity contribution < 1.29 is 17.9 Å². The van der Waals surface area contributed by atoms with Gasteiger partial charge in [-0.25, -0.2) is 17.8 Å². The average molecular weight is 422 g/mol. The van der Waals surface area contributed by atoms with Gasteiger partial charge in [0.25, 0.3) is 15.9 Å². The number of methoxy groups -OCH3 is 1. The molecule has 4 aromatic rings. The third kappa shape index (κ3) is 3.11. The fourth-order valence-electron chi connectivity index (χ4n) is 3.23. The number of fused-ring (bicyclic) bond motifs is 1. The Morgan fingerprint density at radius 2 is 1.47 bits per heavy atom. The standard InChI is InChI=1S/C22H18N2O5S/c1-15-7-9-16(10-8-15)21(25)23-19-5-3-4-6-20(19)24(22(23)26)30(27,28)18-13-11-17(29-2)12-14-18/h3-14H,1-2H3. The van der Waals surface area contributed by atoms with Crippen LogP contribution in [0.4, 0.5) is 0 Å². The molecule has 8 heteroatoms. The molecule has 30 heavy (non-hydrogen) atoms. The largest absolute Gasteiger partial charge is 0.497 e. The normalized spacial score (nSPS) is 11.5. The molecule has 4 rings (SSSR count). The van der Waals surface area contributed by atoms with Gasteiger partial charge in [0.15, 0.2) is 0 Å². The Bertz CT molecular complexity index is 1410. The number of hydrogen-bond donors (Lipinski definition) is 0. The average Bonchev–Trinajstić information content (AvgIpc) is 3.06. The summed E-state index contributed by atoms with van der Waals surface area (Å²) in [6.07, 6.45) is 0. The summed E-state index contributed by atoms with van der Waals surface area (Å²) in [6.45, 7) is 1.88. The lowest BCUT2D eigenvalue weighted by Crippen LogP contribution is -2.33. The number of aryl methyl sites for hydroxylation is 1. The highest BCUT2D eigenvalue weighted by Gasteiger charge is 2.27. The van der Waals surface area contributed by atoms with Crippen molar-refractivity contribution in [1.29, 1.82) is 0 Å². The van der Waals surface area contributed by atoms with E-state index < -0.39 is 21.6 Å². The molecule has 1 heterocycles. The zero-order valence-electron chi connectivity index (χ0n) is 16.3. The first-order valence-electron chi connectivity index (χ1n) is 9.08. The molecule has 0 saturated carbocycles. The van der Waals surface area contributed by atoms with E-state index in [4.69, 9.17) is 4.74 Å². The summed E-state index contributed by atoms with van der Waals surface area (Å²) < 4.78 is 33.2. The van der Waals surface area contributed by atoms with Crippen LogP contribution in [-0.2, 0) is 10.0 Å². The summed E-state index contributed by atoms with van der Waals surface area (Å²) in [7, 11) is -2.78. The van der Waals surface area contributed by atoms with Crippen LogP contribution in [0.5, 0.6) is 5.75 Å². The minimum Gasteiger partial charge on any atom is -0.497 e. The molecule has 0 saturated heterocycles. The molecule has 0 aliphatic heterocycles. The number of imidazole rings is 1. The lowest BCUT2D eigenvalue weighted by Gasteiger charge is -2.07. The van der Waals surface area contributed by atoms with Crippen LogP contribution in [0.2, 0.25) is 0 Å². The van der Waals surface area contributed by atoms with Crippen molar-refractivity contribution in [2.75, 3.05) is 7.11 Å². The van der Waals surface area contributed by atoms with Crippen LogP contribution >= 0.6 is 0 Å². The van der Waals surface area contributed by atoms with Gasteiger partial charge < -0.3 is 4.74 Å². The number of benzene rings is 3. The third-order valence-electron chi connectivity index (χ3n) is 4.81. The fourth-order valence-corrected chi connectivity index (χ4v) is 4.62. The molecule has 0 atom stereocenters. The number of rotatable bonds is 4. The van der Waals surface area contributed by atoms with Crippen molar-refractivity contribution in [3.05, 3.63) is 94.4 Å². The molecule has 1 aromatic heterocycles. The maximum atomic E-state index is 13.3. The molecular weight excluding hydrogens is 404 g/mol. The molecule has 0 unspecified atom stereocenters. The Balaban J connectivity index is 1.96. The van der Waals surface area contributed by atoms with Gasteiger partial charge in [0.2, 0.25) is 0 Å². The van der Waals surface area contributed by atoms with Gasteiger partial charge in [0.1, 0.15) is 5.75 Å². The highest BCUT2D eigenvalue weighted by molar-refractivity contribution is 7.90. The van der Waals surface area contributed by atoms with Crippen LogP contribution in [0.25, 0.3) is 11.0 Å². The number of nitrogens with zero attached hydrogens (tertiary/aromatic N) is 2. The van der Waals surface area contributed by atoms with Gasteiger partial charge >= 0.3 is 5.69 Å². The number of hydrogen-bond acceptors (Lipinski definition) is 5. The van der Waals surface area contributed by atoms with Gasteiger partial charge in [-0.2, -0.15) is 3.97 Å². The van der Waals surface area contributed by atoms with E-state index in [0.29, 0.717) is 9.72 Å². The van der Waals surface area contributed by atoms with Crippen molar-refractivity contribution in [2.45, 2.75) is 11.8 Å². The van der Waals surface area contributed by atoms with Crippen molar-refractivity contribution in [3.63, 3.8) is 0 Å². The second-order valence-corrected chi connectivity index (χ2v) is 8.51. The number of aromatic nitrogens is 2. The third-order valence-corrected chi connectivity index (χ3v) is 6.51. The topological polar surface area (TPSA) is 87.4 Å². The first-order chi connectivity index (χ1) is 14.3. The number of ether oxygens (including phenoxy) is 1. The van der Waals surface area contributed by atoms with Crippen LogP contribution < -0.4 is 10.4 Å². The van der Waals surface area contributed by atoms with E-state index in [-0.39, 0.29) is 21.5 Å². The molecule has 7 nitrogen and oxygen atoms in total. The molecular formula is C22H18N2O5S. The minimum absolute atomic E-state index is 0.0870. The van der Waals surface area contributed by atoms with Crippen molar-refractivity contribution in [3.8, 4) is 5.75 Å². The van der Waals surface area contributed by atoms with Crippen LogP contribution in [-0.4, -0.2) is 30.0 Å². The van der Waals surface area contributed by atoms with Gasteiger partial charge in [-0.05, 0) is 55.5 Å². The second kappa shape index (κ2) is 7.31. The van der Waals surface area contributed by atoms with Gasteiger partial charge in [-0.1, -0.05) is 29.8 Å².